The summed E-state index contributed by atoms with van der Waals surface area (Å²) >= 11 is 5.61. The van der Waals surface area contributed by atoms with E-state index >= 15 is 0 Å². The summed E-state index contributed by atoms with van der Waals surface area (Å²) in [6, 6.07) is 0. The van der Waals surface area contributed by atoms with E-state index in [1.54, 1.807) is 6.26 Å². The molecule has 3 N–H and O–H groups in total. The molecule has 0 fully saturated rings. The van der Waals surface area contributed by atoms with Crippen molar-refractivity contribution in [2.24, 2.45) is 0 Å². The van der Waals surface area contributed by atoms with Gasteiger partial charge in [0.25, 0.3) is 0 Å². The van der Waals surface area contributed by atoms with Crippen LogP contribution in [0.2, 0.25) is 5.28 Å². The maximum atomic E-state index is 11.1. The number of hydrogen-bond acceptors (Lipinski definition) is 6. The van der Waals surface area contributed by atoms with Gasteiger partial charge in [-0.2, -0.15) is 15.0 Å². The predicted molar refractivity (Wildman–Crippen MR) is 65.9 cm³/mol. The zero-order valence-electron chi connectivity index (χ0n) is 9.11. The number of hydrogen-bond donors (Lipinski definition) is 2. The number of nitrogens with zero attached hydrogens (tertiary/aromatic N) is 3. The molecule has 0 spiro atoms. The Hall–Kier alpha value is -0.950. The van der Waals surface area contributed by atoms with Gasteiger partial charge in [-0.15, -0.1) is 0 Å². The lowest BCUT2D eigenvalue weighted by atomic mass is 10.3. The summed E-state index contributed by atoms with van der Waals surface area (Å²) in [5, 5.41) is 3.14. The highest BCUT2D eigenvalue weighted by atomic mass is 35.5. The van der Waals surface area contributed by atoms with E-state index in [1.165, 1.54) is 0 Å². The van der Waals surface area contributed by atoms with E-state index in [0.717, 1.165) is 6.42 Å². The predicted octanol–water partition coefficient (Wildman–Crippen LogP) is 0.676. The molecule has 1 rings (SSSR count). The topological polar surface area (TPSA) is 93.8 Å². The fourth-order valence-electron chi connectivity index (χ4n) is 0.998. The van der Waals surface area contributed by atoms with E-state index in [-0.39, 0.29) is 16.5 Å². The van der Waals surface area contributed by atoms with Crippen LogP contribution >= 0.6 is 11.6 Å². The first kappa shape index (κ1) is 13.1. The number of nitrogens with two attached hydrogens (primary N) is 1. The largest absolute Gasteiger partial charge is 0.368 e. The minimum Gasteiger partial charge on any atom is -0.368 e. The van der Waals surface area contributed by atoms with Gasteiger partial charge in [0.2, 0.25) is 17.2 Å². The third-order valence-electron chi connectivity index (χ3n) is 2.03. The summed E-state index contributed by atoms with van der Waals surface area (Å²) in [6.07, 6.45) is 2.44. The Morgan fingerprint density at radius 2 is 2.19 bits per heavy atom. The molecule has 16 heavy (non-hydrogen) atoms. The van der Waals surface area contributed by atoms with Crippen LogP contribution in [0.25, 0.3) is 0 Å². The van der Waals surface area contributed by atoms with Crippen molar-refractivity contribution in [2.75, 3.05) is 23.9 Å². The quantitative estimate of drug-likeness (QED) is 0.811. The average Bonchev–Trinajstić information content (AvgIpc) is 2.15. The van der Waals surface area contributed by atoms with Crippen molar-refractivity contribution in [1.29, 1.82) is 0 Å². The lowest BCUT2D eigenvalue weighted by molar-refractivity contribution is 0.672. The number of nitrogens with one attached hydrogen (secondary N) is 1. The van der Waals surface area contributed by atoms with Crippen LogP contribution in [0.5, 0.6) is 0 Å². The van der Waals surface area contributed by atoms with E-state index in [1.807, 2.05) is 6.92 Å². The van der Waals surface area contributed by atoms with Crippen molar-refractivity contribution in [3.8, 4) is 0 Å². The van der Waals surface area contributed by atoms with E-state index in [2.05, 4.69) is 20.3 Å². The fraction of sp³-hybridized carbons (Fsp3) is 0.625. The summed E-state index contributed by atoms with van der Waals surface area (Å²) < 4.78 is 11.1. The molecule has 0 bridgehead atoms. The molecule has 0 saturated carbocycles. The smallest absolute Gasteiger partial charge is 0.228 e. The molecule has 0 saturated heterocycles. The third-order valence-corrected chi connectivity index (χ3v) is 3.56. The van der Waals surface area contributed by atoms with Gasteiger partial charge in [0.1, 0.15) is 0 Å². The van der Waals surface area contributed by atoms with Crippen LogP contribution in [-0.4, -0.2) is 37.2 Å². The molecule has 0 amide bonds. The van der Waals surface area contributed by atoms with Gasteiger partial charge in [0, 0.05) is 28.9 Å². The molecular formula is C8H14ClN5OS. The van der Waals surface area contributed by atoms with Crippen molar-refractivity contribution >= 4 is 34.3 Å². The molecule has 0 aromatic carbocycles. The number of anilines is 2. The maximum absolute atomic E-state index is 11.1. The lowest BCUT2D eigenvalue weighted by Crippen LogP contribution is -2.16. The van der Waals surface area contributed by atoms with Gasteiger partial charge in [0.05, 0.1) is 0 Å². The van der Waals surface area contributed by atoms with Gasteiger partial charge in [-0.1, -0.05) is 6.92 Å². The van der Waals surface area contributed by atoms with Gasteiger partial charge >= 0.3 is 0 Å². The summed E-state index contributed by atoms with van der Waals surface area (Å²) in [7, 11) is -0.821. The molecular weight excluding hydrogens is 250 g/mol. The summed E-state index contributed by atoms with van der Waals surface area (Å²) in [4.78, 5) is 11.3. The van der Waals surface area contributed by atoms with Crippen LogP contribution in [0.3, 0.4) is 0 Å². The molecule has 2 atom stereocenters. The second kappa shape index (κ2) is 5.95. The Morgan fingerprint density at radius 3 is 2.75 bits per heavy atom. The molecule has 1 aromatic rings. The number of aromatic nitrogens is 3. The molecule has 0 aliphatic heterocycles. The van der Waals surface area contributed by atoms with Crippen molar-refractivity contribution in [1.82, 2.24) is 15.0 Å². The normalized spacial score (nSPS) is 14.4. The molecule has 1 heterocycles. The van der Waals surface area contributed by atoms with Crippen molar-refractivity contribution < 1.29 is 4.21 Å². The summed E-state index contributed by atoms with van der Waals surface area (Å²) in [5.41, 5.74) is 5.40. The molecule has 90 valence electrons. The van der Waals surface area contributed by atoms with Crippen molar-refractivity contribution in [3.05, 3.63) is 5.28 Å². The highest BCUT2D eigenvalue weighted by Gasteiger charge is 2.06. The Kier molecular flexibility index (Phi) is 4.88. The zero-order chi connectivity index (χ0) is 12.1. The van der Waals surface area contributed by atoms with Crippen molar-refractivity contribution in [2.45, 2.75) is 18.6 Å². The first-order valence-corrected chi connectivity index (χ1v) is 6.72. The Balaban J connectivity index is 2.46. The molecule has 0 radical (unpaired) electrons. The van der Waals surface area contributed by atoms with E-state index in [0.29, 0.717) is 12.5 Å². The highest BCUT2D eigenvalue weighted by Crippen LogP contribution is 2.07. The molecule has 6 nitrogen and oxygen atoms in total. The van der Waals surface area contributed by atoms with Crippen molar-refractivity contribution in [3.63, 3.8) is 0 Å². The molecule has 0 aliphatic carbocycles. The summed E-state index contributed by atoms with van der Waals surface area (Å²) in [5.74, 6) is 0.418. The van der Waals surface area contributed by atoms with Gasteiger partial charge < -0.3 is 11.1 Å². The van der Waals surface area contributed by atoms with Gasteiger partial charge in [0.15, 0.2) is 0 Å². The number of nitrogen functional groups attached to an aromatic ring is 1. The third kappa shape index (κ3) is 4.28. The maximum Gasteiger partial charge on any atom is 0.228 e. The van der Waals surface area contributed by atoms with E-state index < -0.39 is 10.8 Å². The Bertz CT molecular complexity index is 368. The lowest BCUT2D eigenvalue weighted by Gasteiger charge is -2.09. The molecule has 8 heteroatoms. The Labute approximate surface area is 101 Å². The van der Waals surface area contributed by atoms with Gasteiger partial charge in [-0.25, -0.2) is 0 Å². The van der Waals surface area contributed by atoms with Crippen LogP contribution in [0.4, 0.5) is 11.9 Å². The highest BCUT2D eigenvalue weighted by molar-refractivity contribution is 7.84. The zero-order valence-corrected chi connectivity index (χ0v) is 10.7. The van der Waals surface area contributed by atoms with Crippen LogP contribution in [-0.2, 0) is 10.8 Å². The first-order valence-electron chi connectivity index (χ1n) is 4.72. The van der Waals surface area contributed by atoms with Gasteiger partial charge in [-0.3, -0.25) is 4.21 Å². The molecule has 1 aromatic heterocycles. The minimum absolute atomic E-state index is 0.0575. The monoisotopic (exact) mass is 263 g/mol. The molecule has 0 aliphatic rings. The average molecular weight is 264 g/mol. The number of halogens is 1. The summed E-state index contributed by atoms with van der Waals surface area (Å²) in [6.45, 7) is 2.53. The standard InChI is InChI=1S/C8H14ClN5OS/c1-5(16(2)15)3-4-11-8-13-6(9)12-7(10)14-8/h5H,3-4H2,1-2H3,(H3,10,11,12,13,14). The van der Waals surface area contributed by atoms with Gasteiger partial charge in [-0.05, 0) is 18.0 Å². The molecule has 2 unspecified atom stereocenters. The second-order valence-electron chi connectivity index (χ2n) is 3.31. The van der Waals surface area contributed by atoms with Crippen LogP contribution in [0.1, 0.15) is 13.3 Å². The van der Waals surface area contributed by atoms with E-state index in [4.69, 9.17) is 17.3 Å². The van der Waals surface area contributed by atoms with E-state index in [9.17, 15) is 4.21 Å². The second-order valence-corrected chi connectivity index (χ2v) is 5.45. The number of rotatable bonds is 5. The minimum atomic E-state index is -0.821. The van der Waals surface area contributed by atoms with Crippen LogP contribution in [0.15, 0.2) is 0 Å². The van der Waals surface area contributed by atoms with Crippen LogP contribution in [0, 0.1) is 0 Å². The SMILES string of the molecule is CC(CCNc1nc(N)nc(Cl)n1)S(C)=O. The Morgan fingerprint density at radius 1 is 1.50 bits per heavy atom. The fourth-order valence-corrected chi connectivity index (χ4v) is 1.61. The van der Waals surface area contributed by atoms with Crippen LogP contribution < -0.4 is 11.1 Å². The first-order chi connectivity index (χ1) is 7.49.